The highest BCUT2D eigenvalue weighted by atomic mass is 19.4. The van der Waals surface area contributed by atoms with Crippen molar-refractivity contribution in [3.8, 4) is 5.75 Å². The number of ether oxygens (including phenoxy) is 1. The molecule has 8 heteroatoms. The van der Waals surface area contributed by atoms with Crippen LogP contribution in [0.15, 0.2) is 133 Å². The first-order valence-electron chi connectivity index (χ1n) is 12.8. The first-order valence-corrected chi connectivity index (χ1v) is 12.8. The molecule has 0 saturated heterocycles. The van der Waals surface area contributed by atoms with Crippen molar-refractivity contribution in [1.29, 1.82) is 0 Å². The molecule has 5 nitrogen and oxygen atoms in total. The number of carbonyl (C=O) groups excluding carboxylic acids is 1. The van der Waals surface area contributed by atoms with Crippen LogP contribution in [-0.2, 0) is 0 Å². The van der Waals surface area contributed by atoms with E-state index in [0.717, 1.165) is 25.0 Å². The van der Waals surface area contributed by atoms with E-state index < -0.39 is 11.7 Å². The van der Waals surface area contributed by atoms with Crippen LogP contribution in [0.1, 0.15) is 50.0 Å². The summed E-state index contributed by atoms with van der Waals surface area (Å²) in [6.45, 7) is 17.9. The van der Waals surface area contributed by atoms with Crippen molar-refractivity contribution in [1.82, 2.24) is 10.3 Å². The molecular formula is C33H36F3N3O2. The number of hydrogen-bond donors (Lipinski definition) is 1. The van der Waals surface area contributed by atoms with Gasteiger partial charge in [0, 0.05) is 29.7 Å². The predicted octanol–water partition coefficient (Wildman–Crippen LogP) is 8.94. The summed E-state index contributed by atoms with van der Waals surface area (Å²) in [6, 6.07) is 10.2. The van der Waals surface area contributed by atoms with Crippen molar-refractivity contribution in [2.75, 3.05) is 0 Å². The van der Waals surface area contributed by atoms with Gasteiger partial charge in [-0.25, -0.2) is 4.99 Å². The Morgan fingerprint density at radius 3 is 2.46 bits per heavy atom. The molecule has 0 aliphatic carbocycles. The third kappa shape index (κ3) is 13.3. The molecule has 2 aromatic rings. The number of allylic oxidation sites excluding steroid dienone is 8. The second-order valence-corrected chi connectivity index (χ2v) is 8.33. The molecule has 0 bridgehead atoms. The number of amides is 1. The van der Waals surface area contributed by atoms with Gasteiger partial charge < -0.3 is 10.1 Å². The molecule has 0 spiro atoms. The molecule has 0 saturated carbocycles. The molecule has 0 fully saturated rings. The lowest BCUT2D eigenvalue weighted by Gasteiger charge is -2.08. The zero-order chi connectivity index (χ0) is 30.8. The highest BCUT2D eigenvalue weighted by Crippen LogP contribution is 2.27. The lowest BCUT2D eigenvalue weighted by molar-refractivity contribution is -0.0912. The maximum absolute atomic E-state index is 12.4. The maximum atomic E-state index is 12.4. The third-order valence-corrected chi connectivity index (χ3v) is 5.01. The van der Waals surface area contributed by atoms with Gasteiger partial charge in [0.05, 0.1) is 0 Å². The van der Waals surface area contributed by atoms with Gasteiger partial charge in [0.15, 0.2) is 0 Å². The van der Waals surface area contributed by atoms with Crippen LogP contribution in [0, 0.1) is 0 Å². The van der Waals surface area contributed by atoms with Gasteiger partial charge >= 0.3 is 6.18 Å². The average Bonchev–Trinajstić information content (AvgIpc) is 3.17. The summed E-state index contributed by atoms with van der Waals surface area (Å²) in [6.07, 6.45) is 11.1. The number of pyridine rings is 1. The summed E-state index contributed by atoms with van der Waals surface area (Å²) >= 11 is 0. The lowest BCUT2D eigenvalue weighted by Crippen LogP contribution is -2.28. The van der Waals surface area contributed by atoms with Crippen LogP contribution >= 0.6 is 0 Å². The number of aromatic nitrogens is 1. The first-order chi connectivity index (χ1) is 19.5. The largest absolute Gasteiger partial charge is 0.458 e. The van der Waals surface area contributed by atoms with Crippen molar-refractivity contribution in [3.63, 3.8) is 0 Å². The number of alkyl halides is 3. The van der Waals surface area contributed by atoms with Crippen molar-refractivity contribution in [2.45, 2.75) is 40.3 Å². The first kappa shape index (κ1) is 34.3. The topological polar surface area (TPSA) is 63.6 Å². The molecule has 2 heterocycles. The Morgan fingerprint density at radius 1 is 1.12 bits per heavy atom. The summed E-state index contributed by atoms with van der Waals surface area (Å²) in [5, 5.41) is 2.78. The van der Waals surface area contributed by atoms with Gasteiger partial charge in [-0.3, -0.25) is 9.78 Å². The van der Waals surface area contributed by atoms with Crippen LogP contribution in [0.3, 0.4) is 0 Å². The molecule has 1 aliphatic rings. The second-order valence-electron chi connectivity index (χ2n) is 8.33. The van der Waals surface area contributed by atoms with E-state index in [-0.39, 0.29) is 5.91 Å². The maximum Gasteiger partial charge on any atom is 0.412 e. The Labute approximate surface area is 240 Å². The summed E-state index contributed by atoms with van der Waals surface area (Å²) in [7, 11) is 0. The second kappa shape index (κ2) is 17.8. The van der Waals surface area contributed by atoms with E-state index in [9.17, 15) is 18.0 Å². The fourth-order valence-electron chi connectivity index (χ4n) is 2.94. The van der Waals surface area contributed by atoms with Gasteiger partial charge in [-0.2, -0.15) is 13.2 Å². The fourth-order valence-corrected chi connectivity index (χ4v) is 2.94. The van der Waals surface area contributed by atoms with E-state index in [0.29, 0.717) is 34.0 Å². The van der Waals surface area contributed by atoms with Gasteiger partial charge in [0.1, 0.15) is 17.3 Å². The molecule has 0 radical (unpaired) electrons. The van der Waals surface area contributed by atoms with Crippen molar-refractivity contribution in [3.05, 3.63) is 139 Å². The molecule has 1 amide bonds. The molecule has 0 atom stereocenters. The number of halogens is 3. The minimum absolute atomic E-state index is 0.246. The predicted molar refractivity (Wildman–Crippen MR) is 162 cm³/mol. The molecule has 1 aliphatic heterocycles. The number of nitrogens with one attached hydrogen (secondary N) is 1. The Bertz CT molecular complexity index is 1350. The summed E-state index contributed by atoms with van der Waals surface area (Å²) in [5.74, 6) is 1.27. The summed E-state index contributed by atoms with van der Waals surface area (Å²) in [4.78, 5) is 20.4. The molecule has 1 aromatic heterocycles. The molecule has 216 valence electrons. The Morgan fingerprint density at radius 2 is 1.83 bits per heavy atom. The SMILES string of the molecule is C=C(/C=C(\C)C(F)(F)F)c1cccnc1.C=C/C=C\C(=C)Oc1cccc(C(=O)NC2=NC=C(C)CC=C2)c1.CC. The monoisotopic (exact) mass is 563 g/mol. The van der Waals surface area contributed by atoms with Gasteiger partial charge in [0.2, 0.25) is 0 Å². The standard InChI is InChI=1S/C20H20N2O2.C11H10F3N.C2H6/c1-4-5-9-16(3)24-18-11-7-10-17(13-18)20(23)22-19-12-6-8-15(2)14-21-19;1-8(6-9(2)11(12,13)14)10-4-3-5-15-7-10;1-2/h4-7,9-14H,1,3,8H2,2H3,(H,21,22,23);3-7H,1H2,2H3;1-2H3/b9-5-;9-6+;. The van der Waals surface area contributed by atoms with Crippen LogP contribution in [-0.4, -0.2) is 22.9 Å². The zero-order valence-corrected chi connectivity index (χ0v) is 23.8. The number of benzene rings is 1. The quantitative estimate of drug-likeness (QED) is 0.270. The highest BCUT2D eigenvalue weighted by molar-refractivity contribution is 6.10. The molecule has 0 unspecified atom stereocenters. The van der Waals surface area contributed by atoms with Gasteiger partial charge in [0.25, 0.3) is 5.91 Å². The summed E-state index contributed by atoms with van der Waals surface area (Å²) in [5.41, 5.74) is 1.83. The molecule has 41 heavy (non-hydrogen) atoms. The van der Waals surface area contributed by atoms with Gasteiger partial charge in [-0.15, -0.1) is 0 Å². The Balaban J connectivity index is 0.000000425. The van der Waals surface area contributed by atoms with Gasteiger partial charge in [-0.05, 0) is 73.9 Å². The number of hydrogen-bond acceptors (Lipinski definition) is 4. The van der Waals surface area contributed by atoms with Crippen molar-refractivity contribution in [2.24, 2.45) is 4.99 Å². The normalized spacial score (nSPS) is 12.8. The minimum Gasteiger partial charge on any atom is -0.458 e. The van der Waals surface area contributed by atoms with Crippen LogP contribution in [0.2, 0.25) is 0 Å². The van der Waals surface area contributed by atoms with Crippen LogP contribution in [0.5, 0.6) is 5.75 Å². The van der Waals surface area contributed by atoms with Crippen LogP contribution < -0.4 is 10.1 Å². The van der Waals surface area contributed by atoms with Crippen LogP contribution in [0.25, 0.3) is 5.57 Å². The van der Waals surface area contributed by atoms with Gasteiger partial charge in [-0.1, -0.05) is 69.5 Å². The third-order valence-electron chi connectivity index (χ3n) is 5.01. The van der Waals surface area contributed by atoms with E-state index in [2.05, 4.69) is 35.0 Å². The van der Waals surface area contributed by atoms with E-state index in [1.807, 2.05) is 26.8 Å². The van der Waals surface area contributed by atoms with Crippen molar-refractivity contribution >= 4 is 17.3 Å². The number of amidine groups is 1. The Hall–Kier alpha value is -4.72. The zero-order valence-electron chi connectivity index (χ0n) is 23.8. The van der Waals surface area contributed by atoms with E-state index in [1.165, 1.54) is 6.20 Å². The fraction of sp³-hybridized carbons (Fsp3) is 0.182. The lowest BCUT2D eigenvalue weighted by atomic mass is 10.1. The number of rotatable bonds is 7. The number of aliphatic imine (C=N–C) groups is 1. The highest BCUT2D eigenvalue weighted by Gasteiger charge is 2.29. The summed E-state index contributed by atoms with van der Waals surface area (Å²) < 4.78 is 42.2. The molecular weight excluding hydrogens is 527 g/mol. The number of nitrogens with zero attached hydrogens (tertiary/aromatic N) is 2. The molecule has 1 N–H and O–H groups in total. The minimum atomic E-state index is -4.30. The number of carbonyl (C=O) groups is 1. The molecule has 3 rings (SSSR count). The Kier molecular flexibility index (Phi) is 14.9. The van der Waals surface area contributed by atoms with E-state index in [1.54, 1.807) is 73.1 Å². The molecule has 1 aromatic carbocycles. The smallest absolute Gasteiger partial charge is 0.412 e. The average molecular weight is 564 g/mol. The van der Waals surface area contributed by atoms with Crippen LogP contribution in [0.4, 0.5) is 13.2 Å². The van der Waals surface area contributed by atoms with E-state index in [4.69, 9.17) is 4.74 Å². The van der Waals surface area contributed by atoms with Crippen molar-refractivity contribution < 1.29 is 22.7 Å². The van der Waals surface area contributed by atoms with E-state index >= 15 is 0 Å².